The lowest BCUT2D eigenvalue weighted by molar-refractivity contribution is -0.137. The molecule has 0 fully saturated rings. The standard InChI is InChI=1S/C15H19N3O2/c1-11(6-7-15(19)20)8-9-16-14-10-17-18-13-5-3-2-4-12(13)14/h2-5,10-11H,6-9H2,1H3,(H,16,18)(H,19,20). The molecule has 0 bridgehead atoms. The molecule has 5 heteroatoms. The number of carboxylic acids is 1. The second-order valence-corrected chi connectivity index (χ2v) is 5.03. The molecule has 1 heterocycles. The number of anilines is 1. The van der Waals surface area contributed by atoms with Crippen LogP contribution in [0.15, 0.2) is 30.5 Å². The van der Waals surface area contributed by atoms with Gasteiger partial charge in [0.25, 0.3) is 0 Å². The molecule has 2 rings (SSSR count). The molecule has 20 heavy (non-hydrogen) atoms. The maximum absolute atomic E-state index is 10.5. The largest absolute Gasteiger partial charge is 0.481 e. The topological polar surface area (TPSA) is 75.1 Å². The minimum absolute atomic E-state index is 0.237. The van der Waals surface area contributed by atoms with Crippen LogP contribution in [-0.4, -0.2) is 27.8 Å². The van der Waals surface area contributed by atoms with E-state index in [9.17, 15) is 4.79 Å². The van der Waals surface area contributed by atoms with E-state index in [1.807, 2.05) is 24.3 Å². The summed E-state index contributed by atoms with van der Waals surface area (Å²) in [5, 5.41) is 21.1. The molecule has 0 amide bonds. The van der Waals surface area contributed by atoms with Crippen molar-refractivity contribution in [3.8, 4) is 0 Å². The van der Waals surface area contributed by atoms with E-state index in [0.29, 0.717) is 12.3 Å². The number of rotatable bonds is 7. The van der Waals surface area contributed by atoms with Gasteiger partial charge in [-0.05, 0) is 24.8 Å². The van der Waals surface area contributed by atoms with Crippen molar-refractivity contribution in [2.24, 2.45) is 5.92 Å². The van der Waals surface area contributed by atoms with Crippen LogP contribution >= 0.6 is 0 Å². The highest BCUT2D eigenvalue weighted by Gasteiger charge is 2.06. The van der Waals surface area contributed by atoms with Crippen LogP contribution in [0, 0.1) is 5.92 Å². The Labute approximate surface area is 118 Å². The minimum atomic E-state index is -0.728. The molecule has 1 aromatic heterocycles. The molecular weight excluding hydrogens is 254 g/mol. The lowest BCUT2D eigenvalue weighted by Crippen LogP contribution is -2.09. The quantitative estimate of drug-likeness (QED) is 0.811. The van der Waals surface area contributed by atoms with Gasteiger partial charge in [-0.2, -0.15) is 10.2 Å². The summed E-state index contributed by atoms with van der Waals surface area (Å²) in [4.78, 5) is 10.5. The third-order valence-corrected chi connectivity index (χ3v) is 3.35. The molecule has 2 N–H and O–H groups in total. The first-order valence-electron chi connectivity index (χ1n) is 6.83. The van der Waals surface area contributed by atoms with Gasteiger partial charge in [-0.15, -0.1) is 0 Å². The lowest BCUT2D eigenvalue weighted by atomic mass is 10.0. The molecule has 0 saturated heterocycles. The summed E-state index contributed by atoms with van der Waals surface area (Å²) in [6.07, 6.45) is 3.61. The number of aliphatic carboxylic acids is 1. The number of nitrogens with one attached hydrogen (secondary N) is 1. The molecule has 0 saturated carbocycles. The third kappa shape index (κ3) is 3.91. The van der Waals surface area contributed by atoms with Crippen LogP contribution in [0.25, 0.3) is 10.9 Å². The third-order valence-electron chi connectivity index (χ3n) is 3.35. The summed E-state index contributed by atoms with van der Waals surface area (Å²) in [7, 11) is 0. The molecule has 0 aliphatic heterocycles. The van der Waals surface area contributed by atoms with Gasteiger partial charge in [-0.3, -0.25) is 4.79 Å². The number of fused-ring (bicyclic) bond motifs is 1. The van der Waals surface area contributed by atoms with E-state index >= 15 is 0 Å². The molecule has 0 aliphatic rings. The van der Waals surface area contributed by atoms with Crippen molar-refractivity contribution in [2.45, 2.75) is 26.2 Å². The predicted octanol–water partition coefficient (Wildman–Crippen LogP) is 2.93. The second-order valence-electron chi connectivity index (χ2n) is 5.03. The van der Waals surface area contributed by atoms with Crippen molar-refractivity contribution < 1.29 is 9.90 Å². The Hall–Kier alpha value is -2.17. The van der Waals surface area contributed by atoms with Crippen LogP contribution in [0.2, 0.25) is 0 Å². The van der Waals surface area contributed by atoms with Gasteiger partial charge < -0.3 is 10.4 Å². The molecular formula is C15H19N3O2. The number of carbonyl (C=O) groups is 1. The predicted molar refractivity (Wildman–Crippen MR) is 78.7 cm³/mol. The Bertz CT molecular complexity index is 581. The number of carboxylic acid groups (broad SMARTS) is 1. The molecule has 106 valence electrons. The van der Waals surface area contributed by atoms with Crippen molar-refractivity contribution in [3.05, 3.63) is 30.5 Å². The van der Waals surface area contributed by atoms with Gasteiger partial charge in [-0.1, -0.05) is 25.1 Å². The van der Waals surface area contributed by atoms with E-state index < -0.39 is 5.97 Å². The number of aromatic nitrogens is 2. The maximum atomic E-state index is 10.5. The first-order valence-corrected chi connectivity index (χ1v) is 6.83. The van der Waals surface area contributed by atoms with Crippen LogP contribution in [0.4, 0.5) is 5.69 Å². The summed E-state index contributed by atoms with van der Waals surface area (Å²) in [5.41, 5.74) is 1.84. The zero-order valence-corrected chi connectivity index (χ0v) is 11.5. The van der Waals surface area contributed by atoms with Crippen LogP contribution in [-0.2, 0) is 4.79 Å². The molecule has 1 atom stereocenters. The van der Waals surface area contributed by atoms with E-state index in [1.54, 1.807) is 6.20 Å². The van der Waals surface area contributed by atoms with Crippen LogP contribution in [0.3, 0.4) is 0 Å². The van der Waals surface area contributed by atoms with Crippen molar-refractivity contribution in [1.29, 1.82) is 0 Å². The molecule has 0 radical (unpaired) electrons. The summed E-state index contributed by atoms with van der Waals surface area (Å²) >= 11 is 0. The Morgan fingerprint density at radius 3 is 2.95 bits per heavy atom. The SMILES string of the molecule is CC(CCNc1cnnc2ccccc12)CCC(=O)O. The van der Waals surface area contributed by atoms with Crippen LogP contribution in [0.1, 0.15) is 26.2 Å². The summed E-state index contributed by atoms with van der Waals surface area (Å²) in [6.45, 7) is 2.88. The Balaban J connectivity index is 1.88. The van der Waals surface area contributed by atoms with Crippen LogP contribution < -0.4 is 5.32 Å². The van der Waals surface area contributed by atoms with Crippen molar-refractivity contribution in [2.75, 3.05) is 11.9 Å². The zero-order valence-electron chi connectivity index (χ0n) is 11.5. The van der Waals surface area contributed by atoms with Gasteiger partial charge >= 0.3 is 5.97 Å². The normalized spacial score (nSPS) is 12.2. The number of hydrogen-bond acceptors (Lipinski definition) is 4. The molecule has 1 unspecified atom stereocenters. The minimum Gasteiger partial charge on any atom is -0.481 e. The van der Waals surface area contributed by atoms with Crippen molar-refractivity contribution >= 4 is 22.6 Å². The van der Waals surface area contributed by atoms with Crippen molar-refractivity contribution in [1.82, 2.24) is 10.2 Å². The summed E-state index contributed by atoms with van der Waals surface area (Å²) < 4.78 is 0. The average Bonchev–Trinajstić information content (AvgIpc) is 2.45. The highest BCUT2D eigenvalue weighted by Crippen LogP contribution is 2.20. The number of hydrogen-bond donors (Lipinski definition) is 2. The Kier molecular flexibility index (Phi) is 4.87. The first kappa shape index (κ1) is 14.2. The lowest BCUT2D eigenvalue weighted by Gasteiger charge is -2.12. The fourth-order valence-electron chi connectivity index (χ4n) is 2.12. The number of benzene rings is 1. The molecule has 0 aliphatic carbocycles. The Morgan fingerprint density at radius 1 is 1.35 bits per heavy atom. The highest BCUT2D eigenvalue weighted by atomic mass is 16.4. The van der Waals surface area contributed by atoms with Gasteiger partial charge in [0, 0.05) is 18.4 Å². The van der Waals surface area contributed by atoms with E-state index in [2.05, 4.69) is 22.4 Å². The second kappa shape index (κ2) is 6.84. The maximum Gasteiger partial charge on any atom is 0.303 e. The van der Waals surface area contributed by atoms with Gasteiger partial charge in [0.1, 0.15) is 0 Å². The molecule has 2 aromatic rings. The smallest absolute Gasteiger partial charge is 0.303 e. The summed E-state index contributed by atoms with van der Waals surface area (Å²) in [6, 6.07) is 7.86. The van der Waals surface area contributed by atoms with Gasteiger partial charge in [0.05, 0.1) is 17.4 Å². The average molecular weight is 273 g/mol. The molecule has 0 spiro atoms. The van der Waals surface area contributed by atoms with Gasteiger partial charge in [0.15, 0.2) is 0 Å². The fourth-order valence-corrected chi connectivity index (χ4v) is 2.12. The van der Waals surface area contributed by atoms with Crippen LogP contribution in [0.5, 0.6) is 0 Å². The first-order chi connectivity index (χ1) is 9.66. The number of nitrogens with zero attached hydrogens (tertiary/aromatic N) is 2. The molecule has 5 nitrogen and oxygen atoms in total. The Morgan fingerprint density at radius 2 is 2.15 bits per heavy atom. The summed E-state index contributed by atoms with van der Waals surface area (Å²) in [5.74, 6) is -0.339. The molecule has 1 aromatic carbocycles. The van der Waals surface area contributed by atoms with E-state index in [1.165, 1.54) is 0 Å². The highest BCUT2D eigenvalue weighted by molar-refractivity contribution is 5.90. The monoisotopic (exact) mass is 273 g/mol. The zero-order chi connectivity index (χ0) is 14.4. The van der Waals surface area contributed by atoms with E-state index in [-0.39, 0.29) is 6.42 Å². The van der Waals surface area contributed by atoms with E-state index in [0.717, 1.165) is 29.6 Å². The van der Waals surface area contributed by atoms with Gasteiger partial charge in [0.2, 0.25) is 0 Å². The van der Waals surface area contributed by atoms with Gasteiger partial charge in [-0.25, -0.2) is 0 Å². The van der Waals surface area contributed by atoms with Crippen molar-refractivity contribution in [3.63, 3.8) is 0 Å². The van der Waals surface area contributed by atoms with E-state index in [4.69, 9.17) is 5.11 Å². The fraction of sp³-hybridized carbons (Fsp3) is 0.400.